The maximum atomic E-state index is 10.4. The van der Waals surface area contributed by atoms with Gasteiger partial charge in [0.1, 0.15) is 12.4 Å². The number of nitro groups is 1. The van der Waals surface area contributed by atoms with E-state index in [1.807, 2.05) is 0 Å². The second-order valence-electron chi connectivity index (χ2n) is 4.56. The van der Waals surface area contributed by atoms with Crippen molar-refractivity contribution in [1.82, 2.24) is 15.1 Å². The van der Waals surface area contributed by atoms with Crippen molar-refractivity contribution in [2.45, 2.75) is 37.6 Å². The van der Waals surface area contributed by atoms with Crippen LogP contribution >= 0.6 is 0 Å². The normalized spacial score (nSPS) is 24.6. The third kappa shape index (κ3) is 3.25. The van der Waals surface area contributed by atoms with Crippen LogP contribution in [0.5, 0.6) is 0 Å². The molecule has 1 unspecified atom stereocenters. The van der Waals surface area contributed by atoms with Crippen molar-refractivity contribution in [3.63, 3.8) is 0 Å². The van der Waals surface area contributed by atoms with Crippen LogP contribution < -0.4 is 5.32 Å². The Bertz CT molecular complexity index is 416. The van der Waals surface area contributed by atoms with Crippen LogP contribution in [-0.2, 0) is 6.54 Å². The molecule has 18 heavy (non-hydrogen) atoms. The van der Waals surface area contributed by atoms with Crippen molar-refractivity contribution < 1.29 is 15.1 Å². The van der Waals surface area contributed by atoms with Crippen molar-refractivity contribution in [2.75, 3.05) is 6.54 Å². The molecule has 1 aliphatic carbocycles. The lowest BCUT2D eigenvalue weighted by Gasteiger charge is -2.32. The van der Waals surface area contributed by atoms with E-state index >= 15 is 0 Å². The summed E-state index contributed by atoms with van der Waals surface area (Å²) in [6.07, 6.45) is 2.97. The van der Waals surface area contributed by atoms with Gasteiger partial charge in [0.15, 0.2) is 0 Å². The number of aliphatic hydroxyl groups excluding tert-OH is 2. The molecule has 1 heterocycles. The van der Waals surface area contributed by atoms with Gasteiger partial charge in [-0.3, -0.25) is 14.8 Å². The Labute approximate surface area is 103 Å². The molecular formula is C10H16N4O4. The zero-order valence-electron chi connectivity index (χ0n) is 9.77. The SMILES string of the molecule is O=[N+]([O-])c1cnn(CC(O)CNC2CC(O)C2)c1. The van der Waals surface area contributed by atoms with Gasteiger partial charge in [0.2, 0.25) is 0 Å². The summed E-state index contributed by atoms with van der Waals surface area (Å²) in [5.74, 6) is 0. The molecule has 8 heteroatoms. The Kier molecular flexibility index (Phi) is 3.90. The van der Waals surface area contributed by atoms with Crippen LogP contribution in [0.15, 0.2) is 12.4 Å². The summed E-state index contributed by atoms with van der Waals surface area (Å²) >= 11 is 0. The smallest absolute Gasteiger partial charge is 0.306 e. The highest BCUT2D eigenvalue weighted by Crippen LogP contribution is 2.19. The van der Waals surface area contributed by atoms with E-state index in [1.54, 1.807) is 0 Å². The van der Waals surface area contributed by atoms with E-state index in [4.69, 9.17) is 5.11 Å². The number of aliphatic hydroxyl groups is 2. The molecule has 0 saturated heterocycles. The zero-order valence-corrected chi connectivity index (χ0v) is 9.77. The molecule has 1 aromatic rings. The van der Waals surface area contributed by atoms with E-state index in [-0.39, 0.29) is 24.4 Å². The molecule has 0 bridgehead atoms. The van der Waals surface area contributed by atoms with Gasteiger partial charge in [0, 0.05) is 12.6 Å². The summed E-state index contributed by atoms with van der Waals surface area (Å²) in [4.78, 5) is 9.92. The number of rotatable bonds is 6. The second-order valence-corrected chi connectivity index (χ2v) is 4.56. The minimum absolute atomic E-state index is 0.0859. The molecule has 0 amide bonds. The molecule has 1 fully saturated rings. The lowest BCUT2D eigenvalue weighted by Crippen LogP contribution is -2.47. The summed E-state index contributed by atoms with van der Waals surface area (Å²) in [5.41, 5.74) is -0.0859. The maximum absolute atomic E-state index is 10.4. The molecule has 1 saturated carbocycles. The lowest BCUT2D eigenvalue weighted by atomic mass is 9.89. The molecule has 1 aromatic heterocycles. The minimum atomic E-state index is -0.665. The molecule has 1 atom stereocenters. The Morgan fingerprint density at radius 2 is 2.39 bits per heavy atom. The van der Waals surface area contributed by atoms with Gasteiger partial charge in [0.25, 0.3) is 0 Å². The third-order valence-electron chi connectivity index (χ3n) is 2.98. The first kappa shape index (κ1) is 12.9. The number of hydrogen-bond acceptors (Lipinski definition) is 6. The molecule has 0 aromatic carbocycles. The number of aromatic nitrogens is 2. The number of nitrogens with one attached hydrogen (secondary N) is 1. The van der Waals surface area contributed by atoms with Crippen molar-refractivity contribution in [1.29, 1.82) is 0 Å². The highest BCUT2D eigenvalue weighted by Gasteiger charge is 2.26. The summed E-state index contributed by atoms with van der Waals surface area (Å²) < 4.78 is 1.35. The first-order chi connectivity index (χ1) is 8.54. The van der Waals surface area contributed by atoms with Crippen LogP contribution in [0, 0.1) is 10.1 Å². The van der Waals surface area contributed by atoms with Crippen LogP contribution in [0.1, 0.15) is 12.8 Å². The molecule has 0 radical (unpaired) electrons. The van der Waals surface area contributed by atoms with Gasteiger partial charge in [-0.15, -0.1) is 0 Å². The van der Waals surface area contributed by atoms with Crippen molar-refractivity contribution in [3.05, 3.63) is 22.5 Å². The van der Waals surface area contributed by atoms with E-state index in [9.17, 15) is 15.2 Å². The fraction of sp³-hybridized carbons (Fsp3) is 0.700. The molecule has 100 valence electrons. The molecular weight excluding hydrogens is 240 g/mol. The predicted molar refractivity (Wildman–Crippen MR) is 61.9 cm³/mol. The Hall–Kier alpha value is -1.51. The highest BCUT2D eigenvalue weighted by atomic mass is 16.6. The van der Waals surface area contributed by atoms with Gasteiger partial charge in [-0.05, 0) is 12.8 Å². The lowest BCUT2D eigenvalue weighted by molar-refractivity contribution is -0.385. The van der Waals surface area contributed by atoms with Gasteiger partial charge in [0.05, 0.1) is 23.7 Å². The molecule has 3 N–H and O–H groups in total. The number of hydrogen-bond donors (Lipinski definition) is 3. The van der Waals surface area contributed by atoms with E-state index < -0.39 is 11.0 Å². The largest absolute Gasteiger partial charge is 0.393 e. The predicted octanol–water partition coefficient (Wildman–Crippen LogP) is -0.735. The van der Waals surface area contributed by atoms with Gasteiger partial charge < -0.3 is 15.5 Å². The average molecular weight is 256 g/mol. The first-order valence-electron chi connectivity index (χ1n) is 5.81. The molecule has 2 rings (SSSR count). The van der Waals surface area contributed by atoms with Crippen molar-refractivity contribution in [2.24, 2.45) is 0 Å². The monoisotopic (exact) mass is 256 g/mol. The molecule has 0 spiro atoms. The van der Waals surface area contributed by atoms with E-state index in [2.05, 4.69) is 10.4 Å². The molecule has 8 nitrogen and oxygen atoms in total. The van der Waals surface area contributed by atoms with Crippen LogP contribution in [-0.4, -0.2) is 49.7 Å². The highest BCUT2D eigenvalue weighted by molar-refractivity contribution is 5.20. The summed E-state index contributed by atoms with van der Waals surface area (Å²) in [6, 6.07) is 0.251. The molecule has 0 aliphatic heterocycles. The summed E-state index contributed by atoms with van der Waals surface area (Å²) in [5, 5.41) is 36.2. The standard InChI is InChI=1S/C10H16N4O4/c15-9-1-7(2-9)11-4-10(16)6-13-5-8(3-12-13)14(17)18/h3,5,7,9-11,15-16H,1-2,4,6H2. The summed E-state index contributed by atoms with van der Waals surface area (Å²) in [6.45, 7) is 0.584. The second kappa shape index (κ2) is 5.42. The molecule has 1 aliphatic rings. The number of nitrogens with zero attached hydrogens (tertiary/aromatic N) is 3. The Morgan fingerprint density at radius 1 is 1.67 bits per heavy atom. The fourth-order valence-corrected chi connectivity index (χ4v) is 1.88. The van der Waals surface area contributed by atoms with E-state index in [1.165, 1.54) is 10.9 Å². The first-order valence-corrected chi connectivity index (χ1v) is 5.81. The third-order valence-corrected chi connectivity index (χ3v) is 2.98. The fourth-order valence-electron chi connectivity index (χ4n) is 1.88. The van der Waals surface area contributed by atoms with Gasteiger partial charge in [-0.1, -0.05) is 0 Å². The summed E-state index contributed by atoms with van der Waals surface area (Å²) in [7, 11) is 0. The van der Waals surface area contributed by atoms with Crippen molar-refractivity contribution >= 4 is 5.69 Å². The van der Waals surface area contributed by atoms with Crippen molar-refractivity contribution in [3.8, 4) is 0 Å². The Balaban J connectivity index is 1.72. The topological polar surface area (TPSA) is 113 Å². The van der Waals surface area contributed by atoms with Crippen LogP contribution in [0.25, 0.3) is 0 Å². The van der Waals surface area contributed by atoms with E-state index in [0.717, 1.165) is 6.20 Å². The average Bonchev–Trinajstić information content (AvgIpc) is 2.71. The van der Waals surface area contributed by atoms with Crippen LogP contribution in [0.3, 0.4) is 0 Å². The van der Waals surface area contributed by atoms with Crippen LogP contribution in [0.4, 0.5) is 5.69 Å². The minimum Gasteiger partial charge on any atom is -0.393 e. The van der Waals surface area contributed by atoms with Gasteiger partial charge >= 0.3 is 5.69 Å². The maximum Gasteiger partial charge on any atom is 0.306 e. The quantitative estimate of drug-likeness (QED) is 0.456. The van der Waals surface area contributed by atoms with Gasteiger partial charge in [-0.2, -0.15) is 5.10 Å². The van der Waals surface area contributed by atoms with Gasteiger partial charge in [-0.25, -0.2) is 0 Å². The van der Waals surface area contributed by atoms with Crippen LogP contribution in [0.2, 0.25) is 0 Å². The van der Waals surface area contributed by atoms with E-state index in [0.29, 0.717) is 19.4 Å². The Morgan fingerprint density at radius 3 is 2.94 bits per heavy atom. The zero-order chi connectivity index (χ0) is 13.1.